The van der Waals surface area contributed by atoms with Gasteiger partial charge >= 0.3 is 0 Å². The molecule has 7 N–H and O–H groups in total. The van der Waals surface area contributed by atoms with Crippen LogP contribution in [0.3, 0.4) is 0 Å². The average molecular weight is 564 g/mol. The molecular weight excluding hydrogens is 526 g/mol. The Morgan fingerprint density at radius 2 is 1.38 bits per heavy atom. The second-order valence-electron chi connectivity index (χ2n) is 9.66. The highest BCUT2D eigenvalue weighted by Gasteiger charge is 2.28. The Morgan fingerprint density at radius 1 is 0.725 bits per heavy atom. The molecule has 0 radical (unpaired) electrons. The second-order valence-corrected chi connectivity index (χ2v) is 10.0. The van der Waals surface area contributed by atoms with Crippen molar-refractivity contribution in [2.45, 2.75) is 50.2 Å². The molecule has 9 nitrogen and oxygen atoms in total. The van der Waals surface area contributed by atoms with Crippen LogP contribution in [0, 0.1) is 0 Å². The molecule has 0 aliphatic rings. The van der Waals surface area contributed by atoms with E-state index < -0.39 is 35.8 Å². The molecule has 2 unspecified atom stereocenters. The van der Waals surface area contributed by atoms with E-state index in [1.165, 1.54) is 0 Å². The van der Waals surface area contributed by atoms with Crippen molar-refractivity contribution in [3.63, 3.8) is 0 Å². The van der Waals surface area contributed by atoms with Gasteiger partial charge in [-0.2, -0.15) is 12.6 Å². The van der Waals surface area contributed by atoms with Gasteiger partial charge in [-0.1, -0.05) is 72.8 Å². The van der Waals surface area contributed by atoms with Crippen molar-refractivity contribution in [3.8, 4) is 0 Å². The molecule has 3 aromatic carbocycles. The van der Waals surface area contributed by atoms with Gasteiger partial charge in [0.2, 0.25) is 23.6 Å². The van der Waals surface area contributed by atoms with Crippen LogP contribution in [-0.4, -0.2) is 54.1 Å². The number of hydrogen-bond donors (Lipinski definition) is 6. The van der Waals surface area contributed by atoms with Gasteiger partial charge in [-0.25, -0.2) is 0 Å². The largest absolute Gasteiger partial charge is 0.368 e. The van der Waals surface area contributed by atoms with E-state index in [9.17, 15) is 19.2 Å². The molecule has 0 heterocycles. The number of amides is 4. The van der Waals surface area contributed by atoms with Gasteiger partial charge in [0, 0.05) is 12.2 Å². The van der Waals surface area contributed by atoms with E-state index in [1.54, 1.807) is 0 Å². The SMILES string of the molecule is NCCCCC(NC(=O)[C@H](CS)NC(=O)C(Cc1ccccc1)NC(=O)Cc1ccc2ccccc2c1)C(N)=O. The molecular formula is C30H37N5O4S. The van der Waals surface area contributed by atoms with Crippen LogP contribution in [0.1, 0.15) is 30.4 Å². The molecule has 4 amide bonds. The van der Waals surface area contributed by atoms with Crippen LogP contribution < -0.4 is 27.4 Å². The average Bonchev–Trinajstić information content (AvgIpc) is 2.95. The summed E-state index contributed by atoms with van der Waals surface area (Å²) >= 11 is 4.23. The predicted molar refractivity (Wildman–Crippen MR) is 160 cm³/mol. The van der Waals surface area contributed by atoms with Crippen molar-refractivity contribution in [2.75, 3.05) is 12.3 Å². The highest BCUT2D eigenvalue weighted by atomic mass is 32.1. The minimum absolute atomic E-state index is 0.0189. The quantitative estimate of drug-likeness (QED) is 0.122. The van der Waals surface area contributed by atoms with Crippen LogP contribution >= 0.6 is 12.6 Å². The summed E-state index contributed by atoms with van der Waals surface area (Å²) in [5.74, 6) is -2.14. The zero-order chi connectivity index (χ0) is 28.9. The topological polar surface area (TPSA) is 156 Å². The molecule has 40 heavy (non-hydrogen) atoms. The number of benzene rings is 3. The molecule has 0 aromatic heterocycles. The molecule has 10 heteroatoms. The van der Waals surface area contributed by atoms with Crippen LogP contribution in [0.2, 0.25) is 0 Å². The van der Waals surface area contributed by atoms with Gasteiger partial charge in [-0.05, 0) is 47.7 Å². The van der Waals surface area contributed by atoms with Crippen LogP contribution in [0.25, 0.3) is 10.8 Å². The summed E-state index contributed by atoms with van der Waals surface area (Å²) in [7, 11) is 0. The Hall–Kier alpha value is -3.89. The Labute approximate surface area is 239 Å². The van der Waals surface area contributed by atoms with E-state index in [1.807, 2.05) is 72.8 Å². The summed E-state index contributed by atoms with van der Waals surface area (Å²) in [5.41, 5.74) is 12.6. The maximum absolute atomic E-state index is 13.4. The van der Waals surface area contributed by atoms with Crippen molar-refractivity contribution in [1.82, 2.24) is 16.0 Å². The van der Waals surface area contributed by atoms with Crippen molar-refractivity contribution in [1.29, 1.82) is 0 Å². The van der Waals surface area contributed by atoms with Gasteiger partial charge in [-0.15, -0.1) is 0 Å². The lowest BCUT2D eigenvalue weighted by Gasteiger charge is -2.24. The molecule has 0 bridgehead atoms. The molecule has 0 aliphatic carbocycles. The van der Waals surface area contributed by atoms with Gasteiger partial charge < -0.3 is 27.4 Å². The smallest absolute Gasteiger partial charge is 0.244 e. The number of primary amides is 1. The Kier molecular flexibility index (Phi) is 12.0. The number of fused-ring (bicyclic) bond motifs is 1. The van der Waals surface area contributed by atoms with Crippen molar-refractivity contribution >= 4 is 47.0 Å². The monoisotopic (exact) mass is 563 g/mol. The lowest BCUT2D eigenvalue weighted by atomic mass is 10.0. The van der Waals surface area contributed by atoms with Crippen molar-refractivity contribution in [2.24, 2.45) is 11.5 Å². The number of nitrogens with two attached hydrogens (primary N) is 2. The third-order valence-electron chi connectivity index (χ3n) is 6.54. The fourth-order valence-electron chi connectivity index (χ4n) is 4.36. The maximum atomic E-state index is 13.4. The molecule has 0 saturated carbocycles. The van der Waals surface area contributed by atoms with Gasteiger partial charge in [0.1, 0.15) is 18.1 Å². The number of rotatable bonds is 15. The lowest BCUT2D eigenvalue weighted by molar-refractivity contribution is -0.132. The van der Waals surface area contributed by atoms with Crippen LogP contribution in [-0.2, 0) is 32.0 Å². The van der Waals surface area contributed by atoms with Crippen LogP contribution in [0.4, 0.5) is 0 Å². The molecule has 3 aromatic rings. The molecule has 3 atom stereocenters. The number of unbranched alkanes of at least 4 members (excludes halogenated alkanes) is 1. The summed E-state index contributed by atoms with van der Waals surface area (Å²) in [6.07, 6.45) is 1.95. The standard InChI is InChI=1S/C30H37N5O4S/c31-15-7-6-12-24(28(32)37)34-30(39)26(19-40)35-29(38)25(17-20-8-2-1-3-9-20)33-27(36)18-21-13-14-22-10-4-5-11-23(22)16-21/h1-5,8-11,13-14,16,24-26,40H,6-7,12,15,17-19,31H2,(H2,32,37)(H,33,36)(H,34,39)(H,35,38)/t24?,25?,26-/m0/s1. The van der Waals surface area contributed by atoms with E-state index in [-0.39, 0.29) is 24.5 Å². The number of nitrogens with one attached hydrogen (secondary N) is 3. The summed E-state index contributed by atoms with van der Waals surface area (Å²) in [5, 5.41) is 10.2. The molecule has 0 fully saturated rings. The number of hydrogen-bond acceptors (Lipinski definition) is 6. The molecule has 212 valence electrons. The van der Waals surface area contributed by atoms with Gasteiger partial charge in [-0.3, -0.25) is 19.2 Å². The van der Waals surface area contributed by atoms with E-state index in [4.69, 9.17) is 11.5 Å². The second kappa shape index (κ2) is 15.6. The first-order chi connectivity index (χ1) is 19.3. The fourth-order valence-corrected chi connectivity index (χ4v) is 4.61. The van der Waals surface area contributed by atoms with Crippen LogP contribution in [0.15, 0.2) is 72.8 Å². The maximum Gasteiger partial charge on any atom is 0.244 e. The van der Waals surface area contributed by atoms with Crippen LogP contribution in [0.5, 0.6) is 0 Å². The van der Waals surface area contributed by atoms with E-state index >= 15 is 0 Å². The lowest BCUT2D eigenvalue weighted by Crippen LogP contribution is -2.57. The van der Waals surface area contributed by atoms with E-state index in [0.717, 1.165) is 21.9 Å². The molecule has 0 aliphatic heterocycles. The molecule has 3 rings (SSSR count). The fraction of sp³-hybridized carbons (Fsp3) is 0.333. The normalized spacial score (nSPS) is 13.2. The highest BCUT2D eigenvalue weighted by molar-refractivity contribution is 7.80. The van der Waals surface area contributed by atoms with Crippen molar-refractivity contribution < 1.29 is 19.2 Å². The number of carbonyl (C=O) groups is 4. The summed E-state index contributed by atoms with van der Waals surface area (Å²) < 4.78 is 0. The van der Waals surface area contributed by atoms with Crippen molar-refractivity contribution in [3.05, 3.63) is 83.9 Å². The minimum atomic E-state index is -1.04. The van der Waals surface area contributed by atoms with E-state index in [0.29, 0.717) is 25.8 Å². The number of carbonyl (C=O) groups excluding carboxylic acids is 4. The first-order valence-electron chi connectivity index (χ1n) is 13.3. The highest BCUT2D eigenvalue weighted by Crippen LogP contribution is 2.16. The van der Waals surface area contributed by atoms with Gasteiger partial charge in [0.15, 0.2) is 0 Å². The Bertz CT molecular complexity index is 1300. The zero-order valence-electron chi connectivity index (χ0n) is 22.3. The summed E-state index contributed by atoms with van der Waals surface area (Å²) in [4.78, 5) is 51.2. The molecule has 0 saturated heterocycles. The first kappa shape index (κ1) is 30.6. The van der Waals surface area contributed by atoms with Gasteiger partial charge in [0.05, 0.1) is 6.42 Å². The predicted octanol–water partition coefficient (Wildman–Crippen LogP) is 1.62. The Morgan fingerprint density at radius 3 is 2.05 bits per heavy atom. The third-order valence-corrected chi connectivity index (χ3v) is 6.90. The molecule has 0 spiro atoms. The summed E-state index contributed by atoms with van der Waals surface area (Å²) in [6.45, 7) is 0.462. The minimum Gasteiger partial charge on any atom is -0.368 e. The first-order valence-corrected chi connectivity index (χ1v) is 14.0. The Balaban J connectivity index is 1.69. The summed E-state index contributed by atoms with van der Waals surface area (Å²) in [6, 6.07) is 20.1. The number of thiol groups is 1. The zero-order valence-corrected chi connectivity index (χ0v) is 23.2. The van der Waals surface area contributed by atoms with E-state index in [2.05, 4.69) is 28.6 Å². The third kappa shape index (κ3) is 9.39. The van der Waals surface area contributed by atoms with Gasteiger partial charge in [0.25, 0.3) is 0 Å².